The van der Waals surface area contributed by atoms with Gasteiger partial charge in [-0.3, -0.25) is 0 Å². The smallest absolute Gasteiger partial charge is 0.318 e. The van der Waals surface area contributed by atoms with Gasteiger partial charge >= 0.3 is 5.97 Å². The van der Waals surface area contributed by atoms with E-state index in [0.29, 0.717) is 12.3 Å². The lowest BCUT2D eigenvalue weighted by molar-refractivity contribution is -0.142. The van der Waals surface area contributed by atoms with Crippen molar-refractivity contribution in [1.82, 2.24) is 14.8 Å². The lowest BCUT2D eigenvalue weighted by Gasteiger charge is -2.08. The lowest BCUT2D eigenvalue weighted by atomic mass is 10.0. The van der Waals surface area contributed by atoms with Gasteiger partial charge in [-0.1, -0.05) is 71.9 Å². The van der Waals surface area contributed by atoms with Crippen LogP contribution in [0.2, 0.25) is 0 Å². The van der Waals surface area contributed by atoms with Crippen LogP contribution in [-0.4, -0.2) is 26.4 Å². The Hall–Kier alpha value is -3.51. The van der Waals surface area contributed by atoms with Crippen molar-refractivity contribution in [3.05, 3.63) is 96.6 Å². The molecule has 0 saturated carbocycles. The normalized spacial score (nSPS) is 11.1. The zero-order valence-corrected chi connectivity index (χ0v) is 16.3. The van der Waals surface area contributed by atoms with Gasteiger partial charge in [0, 0.05) is 5.56 Å². The van der Waals surface area contributed by atoms with Crippen LogP contribution in [0.15, 0.2) is 90.6 Å². The van der Waals surface area contributed by atoms with Crippen LogP contribution < -0.4 is 0 Å². The average molecular weight is 407 g/mol. The Balaban J connectivity index is 0.00000240. The van der Waals surface area contributed by atoms with Crippen molar-refractivity contribution in [2.24, 2.45) is 5.16 Å². The average Bonchev–Trinajstić information content (AvgIpc) is 3.25. The quantitative estimate of drug-likeness (QED) is 0.275. The zero-order chi connectivity index (χ0) is 19.2. The molecule has 4 rings (SSSR count). The van der Waals surface area contributed by atoms with Gasteiger partial charge in [-0.25, -0.2) is 14.5 Å². The second-order valence-electron chi connectivity index (χ2n) is 6.32. The fraction of sp³-hybridized carbons (Fsp3) is 0.0909. The van der Waals surface area contributed by atoms with Crippen molar-refractivity contribution in [2.45, 2.75) is 13.0 Å². The molecule has 0 atom stereocenters. The van der Waals surface area contributed by atoms with Crippen LogP contribution >= 0.6 is 12.4 Å². The fourth-order valence-electron chi connectivity index (χ4n) is 2.91. The van der Waals surface area contributed by atoms with E-state index in [0.717, 1.165) is 21.9 Å². The number of rotatable bonds is 6. The van der Waals surface area contributed by atoms with Crippen molar-refractivity contribution in [1.29, 1.82) is 0 Å². The van der Waals surface area contributed by atoms with Gasteiger partial charge in [-0.05, 0) is 22.4 Å². The number of hydrogen-bond donors (Lipinski definition) is 0. The number of fused-ring (bicyclic) bond motifs is 1. The van der Waals surface area contributed by atoms with Gasteiger partial charge in [0.2, 0.25) is 0 Å². The molecule has 0 spiro atoms. The first-order valence-corrected chi connectivity index (χ1v) is 8.90. The van der Waals surface area contributed by atoms with Gasteiger partial charge in [0.05, 0.1) is 13.0 Å². The van der Waals surface area contributed by atoms with Crippen LogP contribution in [0.4, 0.5) is 0 Å². The van der Waals surface area contributed by atoms with Crippen molar-refractivity contribution in [2.75, 3.05) is 0 Å². The molecule has 6 nitrogen and oxygen atoms in total. The van der Waals surface area contributed by atoms with E-state index >= 15 is 0 Å². The van der Waals surface area contributed by atoms with E-state index in [2.05, 4.69) is 15.2 Å². The molecule has 0 aliphatic rings. The molecule has 1 aromatic heterocycles. The Bertz CT molecular complexity index is 1110. The molecule has 0 saturated heterocycles. The first-order valence-electron chi connectivity index (χ1n) is 8.90. The van der Waals surface area contributed by atoms with Crippen LogP contribution in [0.5, 0.6) is 0 Å². The fourth-order valence-corrected chi connectivity index (χ4v) is 2.91. The highest BCUT2D eigenvalue weighted by Crippen LogP contribution is 2.17. The van der Waals surface area contributed by atoms with Crippen LogP contribution in [-0.2, 0) is 22.6 Å². The summed E-state index contributed by atoms with van der Waals surface area (Å²) in [6.45, 7) is 0.344. The summed E-state index contributed by atoms with van der Waals surface area (Å²) < 4.78 is 1.64. The molecule has 0 aliphatic heterocycles. The first-order chi connectivity index (χ1) is 13.8. The van der Waals surface area contributed by atoms with Gasteiger partial charge in [-0.2, -0.15) is 5.10 Å². The number of hydrogen-bond acceptors (Lipinski definition) is 5. The van der Waals surface area contributed by atoms with Crippen molar-refractivity contribution in [3.63, 3.8) is 0 Å². The number of nitrogens with zero attached hydrogens (tertiary/aromatic N) is 4. The predicted octanol–water partition coefficient (Wildman–Crippen LogP) is 4.04. The van der Waals surface area contributed by atoms with Gasteiger partial charge < -0.3 is 4.84 Å². The van der Waals surface area contributed by atoms with Crippen LogP contribution in [0.1, 0.15) is 11.1 Å². The number of halogens is 1. The van der Waals surface area contributed by atoms with Gasteiger partial charge in [-0.15, -0.1) is 12.4 Å². The van der Waals surface area contributed by atoms with E-state index in [1.807, 2.05) is 72.8 Å². The molecule has 1 heterocycles. The molecule has 7 heteroatoms. The molecule has 0 radical (unpaired) electrons. The lowest BCUT2D eigenvalue weighted by Crippen LogP contribution is -2.14. The van der Waals surface area contributed by atoms with Crippen molar-refractivity contribution >= 4 is 34.9 Å². The number of aromatic nitrogens is 3. The molecule has 0 unspecified atom stereocenters. The molecular formula is C22H19ClN4O2. The molecule has 0 amide bonds. The molecule has 0 N–H and O–H groups in total. The summed E-state index contributed by atoms with van der Waals surface area (Å²) in [4.78, 5) is 21.4. The van der Waals surface area contributed by atoms with E-state index in [4.69, 9.17) is 4.84 Å². The van der Waals surface area contributed by atoms with Crippen molar-refractivity contribution < 1.29 is 9.63 Å². The first kappa shape index (κ1) is 20.2. The topological polar surface area (TPSA) is 69.4 Å². The Morgan fingerprint density at radius 3 is 2.48 bits per heavy atom. The highest BCUT2D eigenvalue weighted by Gasteiger charge is 2.10. The highest BCUT2D eigenvalue weighted by molar-refractivity contribution is 6.03. The highest BCUT2D eigenvalue weighted by atomic mass is 35.5. The van der Waals surface area contributed by atoms with E-state index < -0.39 is 5.97 Å². The third-order valence-corrected chi connectivity index (χ3v) is 4.31. The van der Waals surface area contributed by atoms with E-state index in [1.165, 1.54) is 6.33 Å². The number of benzene rings is 3. The van der Waals surface area contributed by atoms with Gasteiger partial charge in [0.1, 0.15) is 18.4 Å². The number of carbonyl (C=O) groups excluding carboxylic acids is 1. The Labute approximate surface area is 174 Å². The van der Waals surface area contributed by atoms with E-state index in [-0.39, 0.29) is 18.8 Å². The molecule has 29 heavy (non-hydrogen) atoms. The number of carbonyl (C=O) groups is 1. The molecule has 146 valence electrons. The predicted molar refractivity (Wildman–Crippen MR) is 114 cm³/mol. The number of oxime groups is 1. The largest absolute Gasteiger partial charge is 0.339 e. The Morgan fingerprint density at radius 1 is 0.966 bits per heavy atom. The maximum atomic E-state index is 12.2. The van der Waals surface area contributed by atoms with Gasteiger partial charge in [0.15, 0.2) is 0 Å². The summed E-state index contributed by atoms with van der Waals surface area (Å²) >= 11 is 0. The summed E-state index contributed by atoms with van der Waals surface area (Å²) in [6.07, 6.45) is 3.22. The minimum Gasteiger partial charge on any atom is -0.318 e. The molecule has 0 bridgehead atoms. The Kier molecular flexibility index (Phi) is 6.71. The van der Waals surface area contributed by atoms with Crippen LogP contribution in [0.25, 0.3) is 10.8 Å². The summed E-state index contributed by atoms with van der Waals surface area (Å²) in [6, 6.07) is 23.5. The second-order valence-corrected chi connectivity index (χ2v) is 6.32. The molecule has 0 aliphatic carbocycles. The molecule has 3 aromatic carbocycles. The monoisotopic (exact) mass is 406 g/mol. The summed E-state index contributed by atoms with van der Waals surface area (Å²) in [5.74, 6) is -0.414. The minimum absolute atomic E-state index is 0. The van der Waals surface area contributed by atoms with Crippen LogP contribution in [0, 0.1) is 0 Å². The summed E-state index contributed by atoms with van der Waals surface area (Å²) in [7, 11) is 0. The summed E-state index contributed by atoms with van der Waals surface area (Å²) in [5, 5.41) is 10.5. The zero-order valence-electron chi connectivity index (χ0n) is 15.5. The van der Waals surface area contributed by atoms with Crippen LogP contribution in [0.3, 0.4) is 0 Å². The Morgan fingerprint density at radius 2 is 1.72 bits per heavy atom. The van der Waals surface area contributed by atoms with E-state index in [9.17, 15) is 4.79 Å². The molecule has 0 fully saturated rings. The maximum Gasteiger partial charge on any atom is 0.339 e. The third-order valence-electron chi connectivity index (χ3n) is 4.31. The minimum atomic E-state index is -0.414. The summed E-state index contributed by atoms with van der Waals surface area (Å²) in [5.41, 5.74) is 2.34. The third kappa shape index (κ3) is 5.27. The van der Waals surface area contributed by atoms with Crippen molar-refractivity contribution in [3.8, 4) is 0 Å². The van der Waals surface area contributed by atoms with E-state index in [1.54, 1.807) is 11.0 Å². The molecule has 4 aromatic rings. The SMILES string of the molecule is Cl.O=C(Cc1ccccc1)O/N=C(\Cn1cncn1)c1ccc2ccccc2c1. The standard InChI is InChI=1S/C22H18N4O2.ClH/c27-22(12-17-6-2-1-3-7-17)28-25-21(14-26-16-23-15-24-26)20-11-10-18-8-4-5-9-19(18)13-20;/h1-11,13,15-16H,12,14H2;1H/b25-21+;. The maximum absolute atomic E-state index is 12.2. The van der Waals surface area contributed by atoms with Gasteiger partial charge in [0.25, 0.3) is 0 Å². The molecular weight excluding hydrogens is 388 g/mol. The second kappa shape index (κ2) is 9.61.